The number of nitrogens with one attached hydrogen (secondary N) is 1. The zero-order chi connectivity index (χ0) is 18.9. The zero-order valence-corrected chi connectivity index (χ0v) is 16.4. The number of aromatic nitrogens is 1. The van der Waals surface area contributed by atoms with Crippen LogP contribution in [0.1, 0.15) is 28.8 Å². The van der Waals surface area contributed by atoms with Crippen LogP contribution in [0.2, 0.25) is 0 Å². The molecule has 27 heavy (non-hydrogen) atoms. The first kappa shape index (κ1) is 19.4. The zero-order valence-electron chi connectivity index (χ0n) is 15.6. The van der Waals surface area contributed by atoms with Crippen molar-refractivity contribution in [1.82, 2.24) is 10.3 Å². The molecular weight excluding hydrogens is 358 g/mol. The molecule has 0 saturated carbocycles. The molecule has 0 aliphatic carbocycles. The van der Waals surface area contributed by atoms with Crippen molar-refractivity contribution in [3.63, 3.8) is 0 Å². The number of carbonyl (C=O) groups excluding carboxylic acids is 1. The van der Waals surface area contributed by atoms with Gasteiger partial charge in [-0.1, -0.05) is 12.1 Å². The van der Waals surface area contributed by atoms with Gasteiger partial charge in [0.05, 0.1) is 12.7 Å². The second-order valence-corrected chi connectivity index (χ2v) is 7.51. The summed E-state index contributed by atoms with van der Waals surface area (Å²) in [6, 6.07) is 11.6. The number of carbonyl (C=O) groups is 1. The quantitative estimate of drug-likeness (QED) is 0.707. The van der Waals surface area contributed by atoms with Gasteiger partial charge in [0.15, 0.2) is 0 Å². The molecule has 0 radical (unpaired) electrons. The van der Waals surface area contributed by atoms with Crippen molar-refractivity contribution in [2.24, 2.45) is 10.9 Å². The van der Waals surface area contributed by atoms with Crippen LogP contribution in [0.25, 0.3) is 0 Å². The fourth-order valence-electron chi connectivity index (χ4n) is 2.92. The van der Waals surface area contributed by atoms with E-state index >= 15 is 0 Å². The van der Waals surface area contributed by atoms with Gasteiger partial charge in [0.1, 0.15) is 10.8 Å². The third kappa shape index (κ3) is 5.82. The number of ether oxygens (including phenoxy) is 1. The van der Waals surface area contributed by atoms with Crippen LogP contribution in [-0.2, 0) is 6.42 Å². The van der Waals surface area contributed by atoms with Gasteiger partial charge in [-0.25, -0.2) is 4.98 Å². The Morgan fingerprint density at radius 2 is 2.15 bits per heavy atom. The predicted octanol–water partition coefficient (Wildman–Crippen LogP) is 3.64. The highest BCUT2D eigenvalue weighted by Crippen LogP contribution is 2.26. The van der Waals surface area contributed by atoms with Crippen LogP contribution in [0, 0.1) is 5.92 Å². The molecule has 5 nitrogen and oxygen atoms in total. The van der Waals surface area contributed by atoms with Crippen molar-refractivity contribution in [3.8, 4) is 5.75 Å². The Hall–Kier alpha value is -2.34. The first-order valence-corrected chi connectivity index (χ1v) is 10.2. The van der Waals surface area contributed by atoms with E-state index in [4.69, 9.17) is 4.74 Å². The summed E-state index contributed by atoms with van der Waals surface area (Å²) in [5.41, 5.74) is 1.82. The molecule has 1 aliphatic heterocycles. The third-order valence-corrected chi connectivity index (χ3v) is 5.80. The molecule has 0 fully saturated rings. The highest BCUT2D eigenvalue weighted by atomic mass is 32.2. The Bertz CT molecular complexity index is 777. The normalized spacial score (nSPS) is 16.1. The minimum absolute atomic E-state index is 0.0654. The van der Waals surface area contributed by atoms with E-state index in [2.05, 4.69) is 15.3 Å². The molecule has 1 aliphatic rings. The van der Waals surface area contributed by atoms with Gasteiger partial charge in [-0.3, -0.25) is 9.79 Å². The second kappa shape index (κ2) is 10.1. The lowest BCUT2D eigenvalue weighted by atomic mass is 10.0. The highest BCUT2D eigenvalue weighted by molar-refractivity contribution is 7.99. The lowest BCUT2D eigenvalue weighted by Gasteiger charge is -2.17. The van der Waals surface area contributed by atoms with Crippen LogP contribution in [0.5, 0.6) is 5.75 Å². The molecule has 1 aromatic heterocycles. The lowest BCUT2D eigenvalue weighted by molar-refractivity contribution is 0.0950. The van der Waals surface area contributed by atoms with Gasteiger partial charge in [0, 0.05) is 25.0 Å². The smallest absolute Gasteiger partial charge is 0.254 e. The Labute approximate surface area is 164 Å². The minimum atomic E-state index is -0.0654. The molecule has 0 spiro atoms. The molecule has 3 rings (SSSR count). The number of hydrogen-bond donors (Lipinski definition) is 1. The van der Waals surface area contributed by atoms with E-state index in [1.165, 1.54) is 0 Å². The molecule has 1 amide bonds. The largest absolute Gasteiger partial charge is 0.497 e. The first-order chi connectivity index (χ1) is 13.3. The van der Waals surface area contributed by atoms with Crippen LogP contribution >= 0.6 is 11.8 Å². The molecule has 142 valence electrons. The van der Waals surface area contributed by atoms with E-state index < -0.39 is 0 Å². The minimum Gasteiger partial charge on any atom is -0.497 e. The van der Waals surface area contributed by atoms with Crippen LogP contribution in [0.15, 0.2) is 52.6 Å². The van der Waals surface area contributed by atoms with E-state index in [9.17, 15) is 4.79 Å². The average molecular weight is 384 g/mol. The number of pyridine rings is 1. The van der Waals surface area contributed by atoms with Crippen LogP contribution in [0.3, 0.4) is 0 Å². The van der Waals surface area contributed by atoms with Crippen molar-refractivity contribution in [2.45, 2.75) is 24.3 Å². The maximum atomic E-state index is 12.6. The number of amides is 1. The monoisotopic (exact) mass is 383 g/mol. The summed E-state index contributed by atoms with van der Waals surface area (Å²) in [7, 11) is 1.65. The molecule has 2 aromatic rings. The summed E-state index contributed by atoms with van der Waals surface area (Å²) < 4.78 is 5.16. The second-order valence-electron chi connectivity index (χ2n) is 6.50. The van der Waals surface area contributed by atoms with Crippen molar-refractivity contribution in [1.29, 1.82) is 0 Å². The summed E-state index contributed by atoms with van der Waals surface area (Å²) in [5, 5.41) is 3.82. The number of benzene rings is 1. The van der Waals surface area contributed by atoms with Crippen molar-refractivity contribution >= 4 is 23.9 Å². The van der Waals surface area contributed by atoms with Crippen LogP contribution in [-0.4, -0.2) is 43.1 Å². The van der Waals surface area contributed by atoms with Crippen LogP contribution in [0.4, 0.5) is 0 Å². The number of rotatable bonds is 8. The summed E-state index contributed by atoms with van der Waals surface area (Å²) in [4.78, 5) is 21.3. The van der Waals surface area contributed by atoms with Gasteiger partial charge in [-0.15, -0.1) is 11.8 Å². The molecule has 0 bridgehead atoms. The van der Waals surface area contributed by atoms with Crippen molar-refractivity contribution in [3.05, 3.63) is 53.7 Å². The van der Waals surface area contributed by atoms with Gasteiger partial charge in [0.2, 0.25) is 0 Å². The lowest BCUT2D eigenvalue weighted by Crippen LogP contribution is -2.26. The van der Waals surface area contributed by atoms with E-state index in [1.807, 2.05) is 42.6 Å². The van der Waals surface area contributed by atoms with Gasteiger partial charge in [0.25, 0.3) is 5.91 Å². The van der Waals surface area contributed by atoms with Gasteiger partial charge in [-0.2, -0.15) is 0 Å². The van der Waals surface area contributed by atoms with Gasteiger partial charge < -0.3 is 10.1 Å². The maximum Gasteiger partial charge on any atom is 0.254 e. The molecule has 1 N–H and O–H groups in total. The fraction of sp³-hybridized carbons (Fsp3) is 0.381. The van der Waals surface area contributed by atoms with Gasteiger partial charge in [-0.05, 0) is 61.2 Å². The molecule has 6 heteroatoms. The van der Waals surface area contributed by atoms with E-state index in [0.29, 0.717) is 18.0 Å². The Morgan fingerprint density at radius 3 is 2.89 bits per heavy atom. The number of nitrogens with zero attached hydrogens (tertiary/aromatic N) is 2. The Balaban J connectivity index is 1.52. The Kier molecular flexibility index (Phi) is 7.27. The topological polar surface area (TPSA) is 63.6 Å². The highest BCUT2D eigenvalue weighted by Gasteiger charge is 2.16. The molecule has 1 aromatic carbocycles. The summed E-state index contributed by atoms with van der Waals surface area (Å²) in [6.07, 6.45) is 6.67. The summed E-state index contributed by atoms with van der Waals surface area (Å²) in [5.74, 6) is 2.35. The molecule has 2 heterocycles. The summed E-state index contributed by atoms with van der Waals surface area (Å²) in [6.45, 7) is 1.50. The van der Waals surface area contributed by atoms with E-state index in [0.717, 1.165) is 47.9 Å². The standard InChI is InChI=1S/C21H25N3O2S/c1-26-18-6-4-16(5-7-18)10-14-23-20(25)19-3-2-11-24-21(19)27-15-17-8-12-22-13-9-17/h2-7,11-12,17H,8-10,13-15H2,1H3,(H,23,25). The van der Waals surface area contributed by atoms with E-state index in [1.54, 1.807) is 25.1 Å². The molecule has 1 atom stereocenters. The summed E-state index contributed by atoms with van der Waals surface area (Å²) >= 11 is 1.67. The molecule has 0 saturated heterocycles. The molecular formula is C21H25N3O2S. The average Bonchev–Trinajstić information content (AvgIpc) is 2.73. The number of methoxy groups -OCH3 is 1. The maximum absolute atomic E-state index is 12.6. The fourth-order valence-corrected chi connectivity index (χ4v) is 4.07. The molecule has 1 unspecified atom stereocenters. The van der Waals surface area contributed by atoms with Crippen molar-refractivity contribution in [2.75, 3.05) is 26.0 Å². The van der Waals surface area contributed by atoms with Crippen molar-refractivity contribution < 1.29 is 9.53 Å². The number of hydrogen-bond acceptors (Lipinski definition) is 5. The number of aliphatic imine (C=N–C) groups is 1. The third-order valence-electron chi connectivity index (χ3n) is 4.56. The predicted molar refractivity (Wildman–Crippen MR) is 110 cm³/mol. The SMILES string of the molecule is COc1ccc(CCNC(=O)c2cccnc2SCC2CC=NCC2)cc1. The van der Waals surface area contributed by atoms with E-state index in [-0.39, 0.29) is 5.91 Å². The first-order valence-electron chi connectivity index (χ1n) is 9.23. The van der Waals surface area contributed by atoms with Crippen LogP contribution < -0.4 is 10.1 Å². The number of thioether (sulfide) groups is 1. The Morgan fingerprint density at radius 1 is 1.30 bits per heavy atom. The van der Waals surface area contributed by atoms with Gasteiger partial charge >= 0.3 is 0 Å².